The van der Waals surface area contributed by atoms with E-state index in [0.29, 0.717) is 18.9 Å². The third-order valence-corrected chi connectivity index (χ3v) is 3.46. The Bertz CT molecular complexity index is 545. The quantitative estimate of drug-likeness (QED) is 0.883. The van der Waals surface area contributed by atoms with Gasteiger partial charge in [-0.15, -0.1) is 0 Å². The lowest BCUT2D eigenvalue weighted by Gasteiger charge is -2.13. The zero-order valence-electron chi connectivity index (χ0n) is 12.1. The van der Waals surface area contributed by atoms with Crippen LogP contribution in [0.25, 0.3) is 0 Å². The highest BCUT2D eigenvalue weighted by Gasteiger charge is 2.08. The molecule has 0 radical (unpaired) electrons. The zero-order chi connectivity index (χ0) is 14.4. The first-order chi connectivity index (χ1) is 9.65. The maximum absolute atomic E-state index is 11.9. The van der Waals surface area contributed by atoms with E-state index in [-0.39, 0.29) is 5.91 Å². The van der Waals surface area contributed by atoms with Crippen molar-refractivity contribution >= 4 is 5.91 Å². The fraction of sp³-hybridized carbons (Fsp3) is 0.278. The van der Waals surface area contributed by atoms with Crippen LogP contribution in [0.2, 0.25) is 0 Å². The van der Waals surface area contributed by atoms with E-state index >= 15 is 0 Å². The van der Waals surface area contributed by atoms with Crippen LogP contribution < -0.4 is 5.32 Å². The van der Waals surface area contributed by atoms with Crippen LogP contribution in [-0.2, 0) is 11.2 Å². The van der Waals surface area contributed by atoms with E-state index in [1.807, 2.05) is 49.4 Å². The van der Waals surface area contributed by atoms with E-state index in [0.717, 1.165) is 5.56 Å². The largest absolute Gasteiger partial charge is 0.355 e. The van der Waals surface area contributed by atoms with Crippen molar-refractivity contribution in [1.82, 2.24) is 5.32 Å². The van der Waals surface area contributed by atoms with Crippen molar-refractivity contribution < 1.29 is 4.79 Å². The standard InChI is InChI=1S/C18H21NO/c1-14-8-10-16(11-9-14)12-18(20)19-13-15(2)17-6-4-3-5-7-17/h3-11,15H,12-13H2,1-2H3,(H,19,20)/t15-/m0/s1. The molecule has 104 valence electrons. The van der Waals surface area contributed by atoms with Gasteiger partial charge < -0.3 is 5.32 Å². The summed E-state index contributed by atoms with van der Waals surface area (Å²) >= 11 is 0. The predicted molar refractivity (Wildman–Crippen MR) is 82.7 cm³/mol. The van der Waals surface area contributed by atoms with Crippen molar-refractivity contribution in [2.75, 3.05) is 6.54 Å². The van der Waals surface area contributed by atoms with E-state index in [2.05, 4.69) is 24.4 Å². The summed E-state index contributed by atoms with van der Waals surface area (Å²) in [5, 5.41) is 3.01. The Labute approximate surface area is 120 Å². The Morgan fingerprint density at radius 2 is 1.70 bits per heavy atom. The molecule has 0 aliphatic rings. The van der Waals surface area contributed by atoms with E-state index in [4.69, 9.17) is 0 Å². The van der Waals surface area contributed by atoms with Gasteiger partial charge >= 0.3 is 0 Å². The van der Waals surface area contributed by atoms with Crippen LogP contribution in [-0.4, -0.2) is 12.5 Å². The second kappa shape index (κ2) is 6.90. The zero-order valence-corrected chi connectivity index (χ0v) is 12.1. The lowest BCUT2D eigenvalue weighted by atomic mass is 10.0. The molecule has 1 N–H and O–H groups in total. The van der Waals surface area contributed by atoms with Crippen LogP contribution >= 0.6 is 0 Å². The summed E-state index contributed by atoms with van der Waals surface area (Å²) in [4.78, 5) is 11.9. The fourth-order valence-electron chi connectivity index (χ4n) is 2.12. The van der Waals surface area contributed by atoms with Gasteiger partial charge in [-0.25, -0.2) is 0 Å². The number of rotatable bonds is 5. The van der Waals surface area contributed by atoms with E-state index in [9.17, 15) is 4.79 Å². The van der Waals surface area contributed by atoms with Crippen LogP contribution in [0.15, 0.2) is 54.6 Å². The van der Waals surface area contributed by atoms with E-state index in [1.165, 1.54) is 11.1 Å². The highest BCUT2D eigenvalue weighted by molar-refractivity contribution is 5.78. The summed E-state index contributed by atoms with van der Waals surface area (Å²) < 4.78 is 0. The summed E-state index contributed by atoms with van der Waals surface area (Å²) in [6.07, 6.45) is 0.446. The van der Waals surface area contributed by atoms with Gasteiger partial charge in [-0.1, -0.05) is 67.1 Å². The predicted octanol–water partition coefficient (Wildman–Crippen LogP) is 3.46. The number of amides is 1. The van der Waals surface area contributed by atoms with Gasteiger partial charge in [0.05, 0.1) is 6.42 Å². The average Bonchev–Trinajstić information content (AvgIpc) is 2.48. The maximum Gasteiger partial charge on any atom is 0.224 e. The first-order valence-electron chi connectivity index (χ1n) is 7.02. The van der Waals surface area contributed by atoms with Crippen molar-refractivity contribution in [3.63, 3.8) is 0 Å². The minimum Gasteiger partial charge on any atom is -0.355 e. The normalized spacial score (nSPS) is 11.9. The lowest BCUT2D eigenvalue weighted by molar-refractivity contribution is -0.120. The minimum absolute atomic E-state index is 0.0802. The van der Waals surface area contributed by atoms with Crippen molar-refractivity contribution in [3.05, 3.63) is 71.3 Å². The molecule has 0 unspecified atom stereocenters. The molecule has 1 atom stereocenters. The van der Waals surface area contributed by atoms with Gasteiger partial charge in [0.1, 0.15) is 0 Å². The summed E-state index contributed by atoms with van der Waals surface area (Å²) in [6, 6.07) is 18.3. The molecule has 0 bridgehead atoms. The molecule has 20 heavy (non-hydrogen) atoms. The molecule has 2 nitrogen and oxygen atoms in total. The van der Waals surface area contributed by atoms with Crippen LogP contribution in [0.1, 0.15) is 29.5 Å². The molecule has 2 heteroatoms. The van der Waals surface area contributed by atoms with Crippen LogP contribution in [0.3, 0.4) is 0 Å². The Balaban J connectivity index is 1.82. The van der Waals surface area contributed by atoms with Crippen molar-refractivity contribution in [3.8, 4) is 0 Å². The molecule has 0 spiro atoms. The van der Waals surface area contributed by atoms with Crippen molar-refractivity contribution in [1.29, 1.82) is 0 Å². The monoisotopic (exact) mass is 267 g/mol. The smallest absolute Gasteiger partial charge is 0.224 e. The molecule has 2 rings (SSSR count). The summed E-state index contributed by atoms with van der Waals surface area (Å²) in [7, 11) is 0. The summed E-state index contributed by atoms with van der Waals surface area (Å²) in [5.74, 6) is 0.412. The molecule has 1 amide bonds. The molecule has 0 aromatic heterocycles. The SMILES string of the molecule is Cc1ccc(CC(=O)NC[C@H](C)c2ccccc2)cc1. The fourth-order valence-corrected chi connectivity index (χ4v) is 2.12. The summed E-state index contributed by atoms with van der Waals surface area (Å²) in [5.41, 5.74) is 3.52. The van der Waals surface area contributed by atoms with E-state index < -0.39 is 0 Å². The second-order valence-electron chi connectivity index (χ2n) is 5.28. The lowest BCUT2D eigenvalue weighted by Crippen LogP contribution is -2.28. The molecule has 2 aromatic rings. The first kappa shape index (κ1) is 14.3. The molecular weight excluding hydrogens is 246 g/mol. The number of nitrogens with one attached hydrogen (secondary N) is 1. The van der Waals surface area contributed by atoms with Gasteiger partial charge in [-0.2, -0.15) is 0 Å². The third-order valence-electron chi connectivity index (χ3n) is 3.46. The van der Waals surface area contributed by atoms with E-state index in [1.54, 1.807) is 0 Å². The van der Waals surface area contributed by atoms with Gasteiger partial charge in [0.15, 0.2) is 0 Å². The topological polar surface area (TPSA) is 29.1 Å². The average molecular weight is 267 g/mol. The van der Waals surface area contributed by atoms with Gasteiger partial charge in [0.2, 0.25) is 5.91 Å². The minimum atomic E-state index is 0.0802. The number of carbonyl (C=O) groups is 1. The first-order valence-corrected chi connectivity index (χ1v) is 7.02. The van der Waals surface area contributed by atoms with Crippen molar-refractivity contribution in [2.45, 2.75) is 26.2 Å². The molecule has 0 fully saturated rings. The summed E-state index contributed by atoms with van der Waals surface area (Å²) in [6.45, 7) is 4.85. The van der Waals surface area contributed by atoms with Gasteiger partial charge in [-0.05, 0) is 24.0 Å². The number of hydrogen-bond donors (Lipinski definition) is 1. The number of benzene rings is 2. The molecule has 0 saturated heterocycles. The Kier molecular flexibility index (Phi) is 4.94. The van der Waals surface area contributed by atoms with Crippen molar-refractivity contribution in [2.24, 2.45) is 0 Å². The molecule has 2 aromatic carbocycles. The molecule has 0 saturated carbocycles. The highest BCUT2D eigenvalue weighted by atomic mass is 16.1. The van der Waals surface area contributed by atoms with Crippen LogP contribution in [0.5, 0.6) is 0 Å². The Morgan fingerprint density at radius 1 is 1.05 bits per heavy atom. The molecular formula is C18H21NO. The number of carbonyl (C=O) groups excluding carboxylic acids is 1. The number of aryl methyl sites for hydroxylation is 1. The number of hydrogen-bond acceptors (Lipinski definition) is 1. The Hall–Kier alpha value is -2.09. The Morgan fingerprint density at radius 3 is 2.35 bits per heavy atom. The third kappa shape index (κ3) is 4.23. The molecule has 0 aliphatic heterocycles. The molecule has 0 aliphatic carbocycles. The van der Waals surface area contributed by atoms with Crippen LogP contribution in [0.4, 0.5) is 0 Å². The van der Waals surface area contributed by atoms with Gasteiger partial charge in [0.25, 0.3) is 0 Å². The second-order valence-corrected chi connectivity index (χ2v) is 5.28. The van der Waals surface area contributed by atoms with Crippen LogP contribution in [0, 0.1) is 6.92 Å². The van der Waals surface area contributed by atoms with Gasteiger partial charge in [0, 0.05) is 6.54 Å². The highest BCUT2D eigenvalue weighted by Crippen LogP contribution is 2.13. The molecule has 0 heterocycles. The van der Waals surface area contributed by atoms with Gasteiger partial charge in [-0.3, -0.25) is 4.79 Å². The maximum atomic E-state index is 11.9.